The zero-order valence-corrected chi connectivity index (χ0v) is 13.2. The molecule has 0 fully saturated rings. The molecule has 1 heterocycles. The average molecular weight is 324 g/mol. The van der Waals surface area contributed by atoms with E-state index in [0.29, 0.717) is 5.02 Å². The minimum Gasteiger partial charge on any atom is -0.403 e. The van der Waals surface area contributed by atoms with E-state index in [9.17, 15) is 4.79 Å². The number of esters is 1. The van der Waals surface area contributed by atoms with Crippen molar-refractivity contribution in [1.82, 2.24) is 0 Å². The average Bonchev–Trinajstić information content (AvgIpc) is 2.89. The molecule has 0 saturated carbocycles. The number of ether oxygens (including phenoxy) is 1. The highest BCUT2D eigenvalue weighted by Crippen LogP contribution is 2.21. The number of nitrogens with zero attached hydrogens (tertiary/aromatic N) is 1. The predicted molar refractivity (Wildman–Crippen MR) is 93.2 cm³/mol. The van der Waals surface area contributed by atoms with E-state index < -0.39 is 5.97 Å². The van der Waals surface area contributed by atoms with Gasteiger partial charge in [-0.25, -0.2) is 9.79 Å². The Morgan fingerprint density at radius 1 is 1.04 bits per heavy atom. The molecule has 0 radical (unpaired) electrons. The summed E-state index contributed by atoms with van der Waals surface area (Å²) in [5, 5.41) is 0.562. The molecule has 0 unspecified atom stereocenters. The summed E-state index contributed by atoms with van der Waals surface area (Å²) in [6.45, 7) is 2.03. The second kappa shape index (κ2) is 6.63. The van der Waals surface area contributed by atoms with Crippen molar-refractivity contribution >= 4 is 35.6 Å². The molecule has 0 aliphatic carbocycles. The number of cyclic esters (lactones) is 1. The maximum Gasteiger partial charge on any atom is 0.363 e. The van der Waals surface area contributed by atoms with Gasteiger partial charge in [-0.3, -0.25) is 0 Å². The van der Waals surface area contributed by atoms with Crippen molar-refractivity contribution in [3.8, 4) is 0 Å². The molecule has 0 aromatic heterocycles. The fraction of sp³-hybridized carbons (Fsp3) is 0.0526. The van der Waals surface area contributed by atoms with Crippen molar-refractivity contribution in [3.05, 3.63) is 82.0 Å². The Balaban J connectivity index is 1.81. The summed E-state index contributed by atoms with van der Waals surface area (Å²) in [6, 6.07) is 15.3. The van der Waals surface area contributed by atoms with Gasteiger partial charge in [0.15, 0.2) is 5.70 Å². The van der Waals surface area contributed by atoms with E-state index in [1.54, 1.807) is 18.2 Å². The zero-order chi connectivity index (χ0) is 16.2. The monoisotopic (exact) mass is 323 g/mol. The van der Waals surface area contributed by atoms with Crippen LogP contribution in [0.25, 0.3) is 12.2 Å². The van der Waals surface area contributed by atoms with Crippen LogP contribution < -0.4 is 0 Å². The summed E-state index contributed by atoms with van der Waals surface area (Å²) in [5.74, 6) is -0.206. The first-order valence-electron chi connectivity index (χ1n) is 7.14. The number of carbonyl (C=O) groups is 1. The van der Waals surface area contributed by atoms with Crippen molar-refractivity contribution in [2.75, 3.05) is 0 Å². The van der Waals surface area contributed by atoms with Crippen LogP contribution in [0.15, 0.2) is 65.3 Å². The SMILES string of the molecule is Cc1ccc(C=CC2=NC(=Cc3ccccc3Cl)C(=O)O2)cc1. The van der Waals surface area contributed by atoms with Gasteiger partial charge < -0.3 is 4.74 Å². The van der Waals surface area contributed by atoms with E-state index in [0.717, 1.165) is 11.1 Å². The van der Waals surface area contributed by atoms with Gasteiger partial charge in [0, 0.05) is 11.1 Å². The quantitative estimate of drug-likeness (QED) is 0.608. The Labute approximate surface area is 139 Å². The molecule has 0 bridgehead atoms. The third-order valence-corrected chi connectivity index (χ3v) is 3.67. The molecule has 0 amide bonds. The van der Waals surface area contributed by atoms with E-state index >= 15 is 0 Å². The third kappa shape index (κ3) is 3.76. The molecule has 1 aliphatic heterocycles. The van der Waals surface area contributed by atoms with Crippen molar-refractivity contribution in [2.45, 2.75) is 6.92 Å². The van der Waals surface area contributed by atoms with Crippen molar-refractivity contribution < 1.29 is 9.53 Å². The maximum atomic E-state index is 11.9. The third-order valence-electron chi connectivity index (χ3n) is 3.33. The number of benzene rings is 2. The lowest BCUT2D eigenvalue weighted by atomic mass is 10.1. The molecule has 3 rings (SSSR count). The Hall–Kier alpha value is -2.65. The molecule has 0 saturated heterocycles. The van der Waals surface area contributed by atoms with Gasteiger partial charge in [-0.05, 0) is 36.3 Å². The minimum absolute atomic E-state index is 0.238. The lowest BCUT2D eigenvalue weighted by Gasteiger charge is -1.96. The smallest absolute Gasteiger partial charge is 0.363 e. The molecule has 3 nitrogen and oxygen atoms in total. The standard InChI is InChI=1S/C19H14ClNO2/c1-13-6-8-14(9-7-13)10-11-18-21-17(19(22)23-18)12-15-4-2-3-5-16(15)20/h2-12H,1H3. The van der Waals surface area contributed by atoms with E-state index in [1.807, 2.05) is 55.5 Å². The molecule has 2 aromatic carbocycles. The van der Waals surface area contributed by atoms with Gasteiger partial charge in [0.05, 0.1) is 0 Å². The maximum absolute atomic E-state index is 11.9. The van der Waals surface area contributed by atoms with Crippen LogP contribution in [0, 0.1) is 6.92 Å². The first-order valence-corrected chi connectivity index (χ1v) is 7.51. The van der Waals surface area contributed by atoms with Crippen LogP contribution >= 0.6 is 11.6 Å². The number of rotatable bonds is 3. The Morgan fingerprint density at radius 2 is 1.78 bits per heavy atom. The molecular weight excluding hydrogens is 310 g/mol. The highest BCUT2D eigenvalue weighted by molar-refractivity contribution is 6.32. The minimum atomic E-state index is -0.478. The summed E-state index contributed by atoms with van der Waals surface area (Å²) in [6.07, 6.45) is 5.15. The number of carbonyl (C=O) groups excluding carboxylic acids is 1. The van der Waals surface area contributed by atoms with Gasteiger partial charge >= 0.3 is 5.97 Å². The number of hydrogen-bond donors (Lipinski definition) is 0. The molecule has 114 valence electrons. The summed E-state index contributed by atoms with van der Waals surface area (Å²) in [7, 11) is 0. The Bertz CT molecular complexity index is 833. The van der Waals surface area contributed by atoms with Crippen LogP contribution in [0.3, 0.4) is 0 Å². The second-order valence-corrected chi connectivity index (χ2v) is 5.54. The fourth-order valence-corrected chi connectivity index (χ4v) is 2.27. The van der Waals surface area contributed by atoms with Crippen LogP contribution in [0.4, 0.5) is 0 Å². The largest absolute Gasteiger partial charge is 0.403 e. The number of hydrogen-bond acceptors (Lipinski definition) is 3. The summed E-state index contributed by atoms with van der Waals surface area (Å²) in [5.41, 5.74) is 3.17. The number of aliphatic imine (C=N–C) groups is 1. The molecule has 23 heavy (non-hydrogen) atoms. The first-order chi connectivity index (χ1) is 11.1. The Morgan fingerprint density at radius 3 is 2.52 bits per heavy atom. The summed E-state index contributed by atoms with van der Waals surface area (Å²) in [4.78, 5) is 16.1. The van der Waals surface area contributed by atoms with Gasteiger partial charge in [-0.1, -0.05) is 59.6 Å². The van der Waals surface area contributed by atoms with Crippen LogP contribution in [0.2, 0.25) is 5.02 Å². The van der Waals surface area contributed by atoms with Crippen LogP contribution in [0.5, 0.6) is 0 Å². The second-order valence-electron chi connectivity index (χ2n) is 5.13. The van der Waals surface area contributed by atoms with E-state index in [4.69, 9.17) is 16.3 Å². The van der Waals surface area contributed by atoms with E-state index in [-0.39, 0.29) is 11.6 Å². The van der Waals surface area contributed by atoms with Crippen molar-refractivity contribution in [3.63, 3.8) is 0 Å². The zero-order valence-electron chi connectivity index (χ0n) is 12.5. The molecule has 4 heteroatoms. The van der Waals surface area contributed by atoms with Gasteiger partial charge in [0.2, 0.25) is 5.90 Å². The Kier molecular flexibility index (Phi) is 4.40. The van der Waals surface area contributed by atoms with E-state index in [1.165, 1.54) is 5.56 Å². The number of halogens is 1. The summed E-state index contributed by atoms with van der Waals surface area (Å²) >= 11 is 6.08. The fourth-order valence-electron chi connectivity index (χ4n) is 2.08. The molecule has 0 N–H and O–H groups in total. The molecule has 0 atom stereocenters. The van der Waals surface area contributed by atoms with Gasteiger partial charge in [0.1, 0.15) is 0 Å². The highest BCUT2D eigenvalue weighted by Gasteiger charge is 2.21. The van der Waals surface area contributed by atoms with Crippen molar-refractivity contribution in [2.24, 2.45) is 4.99 Å². The highest BCUT2D eigenvalue weighted by atomic mass is 35.5. The van der Waals surface area contributed by atoms with Crippen LogP contribution in [-0.4, -0.2) is 11.9 Å². The van der Waals surface area contributed by atoms with Gasteiger partial charge in [0.25, 0.3) is 0 Å². The summed E-state index contributed by atoms with van der Waals surface area (Å²) < 4.78 is 5.14. The molecule has 1 aliphatic rings. The lowest BCUT2D eigenvalue weighted by molar-refractivity contribution is -0.129. The van der Waals surface area contributed by atoms with Crippen molar-refractivity contribution in [1.29, 1.82) is 0 Å². The first kappa shape index (κ1) is 15.3. The van der Waals surface area contributed by atoms with Crippen LogP contribution in [0.1, 0.15) is 16.7 Å². The lowest BCUT2D eigenvalue weighted by Crippen LogP contribution is -2.01. The van der Waals surface area contributed by atoms with Crippen LogP contribution in [-0.2, 0) is 9.53 Å². The predicted octanol–water partition coefficient (Wildman–Crippen LogP) is 4.66. The topological polar surface area (TPSA) is 38.7 Å². The van der Waals surface area contributed by atoms with E-state index in [2.05, 4.69) is 4.99 Å². The van der Waals surface area contributed by atoms with Gasteiger partial charge in [-0.2, -0.15) is 0 Å². The molecule has 0 spiro atoms. The molecule has 2 aromatic rings. The number of aryl methyl sites for hydroxylation is 1. The normalized spacial score (nSPS) is 16.0. The molecular formula is C19H14ClNO2. The van der Waals surface area contributed by atoms with Gasteiger partial charge in [-0.15, -0.1) is 0 Å².